The van der Waals surface area contributed by atoms with Crippen LogP contribution in [0.4, 0.5) is 11.4 Å². The fourth-order valence-electron chi connectivity index (χ4n) is 1.57. The molecule has 0 saturated carbocycles. The zero-order chi connectivity index (χ0) is 14.6. The number of carboxylic acids is 1. The Kier molecular flexibility index (Phi) is 6.95. The third-order valence-corrected chi connectivity index (χ3v) is 2.73. The van der Waals surface area contributed by atoms with Crippen molar-refractivity contribution in [2.24, 2.45) is 0 Å². The van der Waals surface area contributed by atoms with Crippen LogP contribution in [0.5, 0.6) is 0 Å². The maximum Gasteiger partial charge on any atom is 0.342 e. The Morgan fingerprint density at radius 3 is 2.35 bits per heavy atom. The summed E-state index contributed by atoms with van der Waals surface area (Å²) in [4.78, 5) is 24.9. The van der Waals surface area contributed by atoms with Gasteiger partial charge in [-0.15, -0.1) is 12.4 Å². The second-order valence-corrected chi connectivity index (χ2v) is 4.49. The number of benzene rings is 1. The van der Waals surface area contributed by atoms with Crippen molar-refractivity contribution in [2.45, 2.75) is 0 Å². The molecule has 0 aliphatic carbocycles. The quantitative estimate of drug-likeness (QED) is 0.636. The number of hydrogen-bond acceptors (Lipinski definition) is 5. The predicted octanol–water partition coefficient (Wildman–Crippen LogP) is 1.71. The van der Waals surface area contributed by atoms with Crippen molar-refractivity contribution >= 4 is 29.8 Å². The summed E-state index contributed by atoms with van der Waals surface area (Å²) in [5, 5.41) is 19.8. The molecule has 0 bridgehead atoms. The molecule has 8 heteroatoms. The number of likely N-dealkylation sites (N-methyl/N-ethyl adjacent to an activating group) is 2. The maximum atomic E-state index is 10.9. The summed E-state index contributed by atoms with van der Waals surface area (Å²) in [6.07, 6.45) is 0. The number of rotatable bonds is 6. The van der Waals surface area contributed by atoms with Crippen LogP contribution >= 0.6 is 12.4 Å². The van der Waals surface area contributed by atoms with E-state index in [-0.39, 0.29) is 23.7 Å². The first-order valence-electron chi connectivity index (χ1n) is 5.70. The Labute approximate surface area is 123 Å². The standard InChI is InChI=1S/C12H17N3O4.ClH/c1-13(2)6-7-14(3)9-4-5-10(12(16)17)11(8-9)15(18)19;/h4-5,8H,6-7H2,1-3H3,(H,16,17);1H. The van der Waals surface area contributed by atoms with Gasteiger partial charge < -0.3 is 14.9 Å². The van der Waals surface area contributed by atoms with Gasteiger partial charge in [0.25, 0.3) is 5.69 Å². The third-order valence-electron chi connectivity index (χ3n) is 2.73. The summed E-state index contributed by atoms with van der Waals surface area (Å²) in [6, 6.07) is 4.13. The molecule has 0 radical (unpaired) electrons. The van der Waals surface area contributed by atoms with Crippen molar-refractivity contribution in [3.05, 3.63) is 33.9 Å². The fraction of sp³-hybridized carbons (Fsp3) is 0.417. The Morgan fingerprint density at radius 1 is 1.30 bits per heavy atom. The number of nitrogens with zero attached hydrogens (tertiary/aromatic N) is 3. The molecule has 0 amide bonds. The van der Waals surface area contributed by atoms with Crippen LogP contribution in [-0.2, 0) is 0 Å². The van der Waals surface area contributed by atoms with Gasteiger partial charge >= 0.3 is 5.97 Å². The number of nitro groups is 1. The van der Waals surface area contributed by atoms with Gasteiger partial charge in [0.1, 0.15) is 5.56 Å². The minimum absolute atomic E-state index is 0. The molecular weight excluding hydrogens is 286 g/mol. The van der Waals surface area contributed by atoms with Crippen molar-refractivity contribution in [3.63, 3.8) is 0 Å². The first-order valence-corrected chi connectivity index (χ1v) is 5.70. The van der Waals surface area contributed by atoms with E-state index in [0.29, 0.717) is 12.2 Å². The highest BCUT2D eigenvalue weighted by molar-refractivity contribution is 5.93. The van der Waals surface area contributed by atoms with Crippen molar-refractivity contribution in [3.8, 4) is 0 Å². The molecule has 20 heavy (non-hydrogen) atoms. The molecule has 0 saturated heterocycles. The summed E-state index contributed by atoms with van der Waals surface area (Å²) < 4.78 is 0. The van der Waals surface area contributed by atoms with Gasteiger partial charge in [0.15, 0.2) is 0 Å². The summed E-state index contributed by atoms with van der Waals surface area (Å²) in [7, 11) is 5.68. The summed E-state index contributed by atoms with van der Waals surface area (Å²) in [5.41, 5.74) is -0.0602. The number of carboxylic acid groups (broad SMARTS) is 1. The lowest BCUT2D eigenvalue weighted by Crippen LogP contribution is -2.28. The molecule has 0 spiro atoms. The molecule has 1 N–H and O–H groups in total. The first kappa shape index (κ1) is 18.1. The van der Waals surface area contributed by atoms with Gasteiger partial charge in [-0.05, 0) is 26.2 Å². The molecule has 1 aromatic carbocycles. The molecule has 0 aromatic heterocycles. The van der Waals surface area contributed by atoms with Crippen molar-refractivity contribution in [1.29, 1.82) is 0 Å². The van der Waals surface area contributed by atoms with Gasteiger partial charge in [-0.25, -0.2) is 4.79 Å². The fourth-order valence-corrected chi connectivity index (χ4v) is 1.57. The van der Waals surface area contributed by atoms with Crippen LogP contribution in [0.2, 0.25) is 0 Å². The van der Waals surface area contributed by atoms with E-state index in [0.717, 1.165) is 6.54 Å². The summed E-state index contributed by atoms with van der Waals surface area (Å²) in [5.74, 6) is -1.30. The summed E-state index contributed by atoms with van der Waals surface area (Å²) in [6.45, 7) is 1.49. The zero-order valence-corrected chi connectivity index (χ0v) is 12.4. The summed E-state index contributed by atoms with van der Waals surface area (Å²) >= 11 is 0. The van der Waals surface area contributed by atoms with E-state index in [1.807, 2.05) is 30.9 Å². The van der Waals surface area contributed by atoms with Gasteiger partial charge in [-0.3, -0.25) is 10.1 Å². The molecular formula is C12H18ClN3O4. The van der Waals surface area contributed by atoms with E-state index >= 15 is 0 Å². The lowest BCUT2D eigenvalue weighted by molar-refractivity contribution is -0.385. The Hall–Kier alpha value is -1.86. The zero-order valence-electron chi connectivity index (χ0n) is 11.6. The van der Waals surface area contributed by atoms with Crippen LogP contribution in [0.1, 0.15) is 10.4 Å². The van der Waals surface area contributed by atoms with Gasteiger partial charge in [-0.1, -0.05) is 0 Å². The molecule has 7 nitrogen and oxygen atoms in total. The highest BCUT2D eigenvalue weighted by Gasteiger charge is 2.20. The molecule has 0 heterocycles. The average molecular weight is 304 g/mol. The second-order valence-electron chi connectivity index (χ2n) is 4.49. The molecule has 0 unspecified atom stereocenters. The van der Waals surface area contributed by atoms with Gasteiger partial charge in [0, 0.05) is 31.9 Å². The number of halogens is 1. The Balaban J connectivity index is 0.00000361. The molecule has 1 rings (SSSR count). The molecule has 112 valence electrons. The predicted molar refractivity (Wildman–Crippen MR) is 79.1 cm³/mol. The normalized spacial score (nSPS) is 10.0. The maximum absolute atomic E-state index is 10.9. The lowest BCUT2D eigenvalue weighted by Gasteiger charge is -2.21. The largest absolute Gasteiger partial charge is 0.477 e. The van der Waals surface area contributed by atoms with E-state index in [9.17, 15) is 14.9 Å². The number of anilines is 1. The van der Waals surface area contributed by atoms with Gasteiger partial charge in [0.05, 0.1) is 4.92 Å². The highest BCUT2D eigenvalue weighted by atomic mass is 35.5. The number of aromatic carboxylic acids is 1. The Bertz CT molecular complexity index is 494. The number of nitro benzene ring substituents is 1. The number of hydrogen-bond donors (Lipinski definition) is 1. The van der Waals surface area contributed by atoms with Crippen LogP contribution in [0.15, 0.2) is 18.2 Å². The monoisotopic (exact) mass is 303 g/mol. The van der Waals surface area contributed by atoms with Gasteiger partial charge in [-0.2, -0.15) is 0 Å². The van der Waals surface area contributed by atoms with Crippen LogP contribution in [0.25, 0.3) is 0 Å². The van der Waals surface area contributed by atoms with E-state index < -0.39 is 10.9 Å². The topological polar surface area (TPSA) is 86.9 Å². The molecule has 0 aliphatic rings. The smallest absolute Gasteiger partial charge is 0.342 e. The minimum Gasteiger partial charge on any atom is -0.477 e. The van der Waals surface area contributed by atoms with Crippen LogP contribution < -0.4 is 4.90 Å². The molecule has 1 aromatic rings. The van der Waals surface area contributed by atoms with E-state index in [4.69, 9.17) is 5.11 Å². The van der Waals surface area contributed by atoms with E-state index in [1.165, 1.54) is 12.1 Å². The van der Waals surface area contributed by atoms with Crippen LogP contribution in [0.3, 0.4) is 0 Å². The minimum atomic E-state index is -1.30. The van der Waals surface area contributed by atoms with Crippen molar-refractivity contribution in [1.82, 2.24) is 4.90 Å². The molecule has 0 aliphatic heterocycles. The molecule has 0 atom stereocenters. The van der Waals surface area contributed by atoms with E-state index in [2.05, 4.69) is 0 Å². The average Bonchev–Trinajstić information content (AvgIpc) is 2.34. The van der Waals surface area contributed by atoms with Crippen LogP contribution in [0, 0.1) is 10.1 Å². The van der Waals surface area contributed by atoms with Crippen molar-refractivity contribution < 1.29 is 14.8 Å². The SMILES string of the molecule is CN(C)CCN(C)c1ccc(C(=O)O)c([N+](=O)[O-])c1.Cl. The Morgan fingerprint density at radius 2 is 1.90 bits per heavy atom. The number of carbonyl (C=O) groups is 1. The molecule has 0 fully saturated rings. The highest BCUT2D eigenvalue weighted by Crippen LogP contribution is 2.25. The second kappa shape index (κ2) is 7.66. The van der Waals surface area contributed by atoms with Crippen LogP contribution in [-0.4, -0.2) is 55.1 Å². The van der Waals surface area contributed by atoms with E-state index in [1.54, 1.807) is 6.07 Å². The van der Waals surface area contributed by atoms with Gasteiger partial charge in [0.2, 0.25) is 0 Å². The first-order chi connectivity index (χ1) is 8.82. The third kappa shape index (κ3) is 4.67. The van der Waals surface area contributed by atoms with Crippen molar-refractivity contribution in [2.75, 3.05) is 39.1 Å². The lowest BCUT2D eigenvalue weighted by atomic mass is 10.1.